The molecule has 3 heterocycles. The van der Waals surface area contributed by atoms with Crippen LogP contribution in [-0.2, 0) is 4.74 Å². The predicted molar refractivity (Wildman–Crippen MR) is 91.2 cm³/mol. The van der Waals surface area contributed by atoms with E-state index in [9.17, 15) is 9.59 Å². The number of anilines is 1. The van der Waals surface area contributed by atoms with E-state index in [4.69, 9.17) is 0 Å². The van der Waals surface area contributed by atoms with E-state index in [1.165, 1.54) is 19.5 Å². The summed E-state index contributed by atoms with van der Waals surface area (Å²) in [5.74, 6) is -0.0295. The molecule has 1 saturated heterocycles. The fourth-order valence-corrected chi connectivity index (χ4v) is 3.03. The Kier molecular flexibility index (Phi) is 4.97. The average molecular weight is 343 g/mol. The highest BCUT2D eigenvalue weighted by molar-refractivity contribution is 5.93. The maximum Gasteiger partial charge on any atom is 0.339 e. The summed E-state index contributed by atoms with van der Waals surface area (Å²) in [4.78, 5) is 34.0. The molecule has 1 N–H and O–H groups in total. The van der Waals surface area contributed by atoms with Crippen LogP contribution >= 0.6 is 0 Å². The molecule has 1 aliphatic rings. The van der Waals surface area contributed by atoms with Gasteiger partial charge in [0.1, 0.15) is 0 Å². The minimum Gasteiger partial charge on any atom is -0.465 e. The van der Waals surface area contributed by atoms with E-state index >= 15 is 0 Å². The van der Waals surface area contributed by atoms with Gasteiger partial charge in [-0.15, -0.1) is 0 Å². The Morgan fingerprint density at radius 3 is 2.88 bits per heavy atom. The number of piperidine rings is 1. The summed E-state index contributed by atoms with van der Waals surface area (Å²) in [6, 6.07) is 1.54. The van der Waals surface area contributed by atoms with Crippen LogP contribution in [0, 0.1) is 5.92 Å². The Balaban J connectivity index is 1.68. The number of urea groups is 1. The predicted octanol–water partition coefficient (Wildman–Crippen LogP) is 2.18. The van der Waals surface area contributed by atoms with Crippen molar-refractivity contribution in [1.82, 2.24) is 19.4 Å². The van der Waals surface area contributed by atoms with Crippen LogP contribution in [0.25, 0.3) is 0 Å². The number of hydrogen-bond acceptors (Lipinski definition) is 5. The van der Waals surface area contributed by atoms with Crippen LogP contribution in [-0.4, -0.2) is 51.6 Å². The van der Waals surface area contributed by atoms with Crippen molar-refractivity contribution < 1.29 is 14.3 Å². The van der Waals surface area contributed by atoms with Crippen molar-refractivity contribution >= 4 is 17.7 Å². The minimum absolute atomic E-state index is 0.196. The zero-order valence-corrected chi connectivity index (χ0v) is 14.3. The summed E-state index contributed by atoms with van der Waals surface area (Å²) in [5, 5.41) is 2.80. The number of methoxy groups -OCH3 is 1. The number of nitrogens with zero attached hydrogens (tertiary/aromatic N) is 4. The third kappa shape index (κ3) is 3.78. The number of nitrogens with one attached hydrogen (secondary N) is 1. The fraction of sp³-hybridized carbons (Fsp3) is 0.412. The fourth-order valence-electron chi connectivity index (χ4n) is 3.03. The number of ether oxygens (including phenoxy) is 1. The van der Waals surface area contributed by atoms with Gasteiger partial charge in [-0.25, -0.2) is 14.6 Å². The molecule has 0 saturated carbocycles. The normalized spacial score (nSPS) is 20.2. The Morgan fingerprint density at radius 1 is 1.32 bits per heavy atom. The van der Waals surface area contributed by atoms with Crippen molar-refractivity contribution in [2.75, 3.05) is 25.5 Å². The molecule has 0 spiro atoms. The maximum absolute atomic E-state index is 12.6. The van der Waals surface area contributed by atoms with Gasteiger partial charge in [-0.1, -0.05) is 6.92 Å². The number of pyridine rings is 1. The first-order chi connectivity index (χ1) is 12.1. The smallest absolute Gasteiger partial charge is 0.339 e. The van der Waals surface area contributed by atoms with Crippen LogP contribution in [0.15, 0.2) is 37.2 Å². The monoisotopic (exact) mass is 343 g/mol. The molecule has 0 radical (unpaired) electrons. The molecule has 1 aliphatic heterocycles. The van der Waals surface area contributed by atoms with Gasteiger partial charge in [0.25, 0.3) is 0 Å². The van der Waals surface area contributed by atoms with Crippen LogP contribution in [0.3, 0.4) is 0 Å². The first-order valence-electron chi connectivity index (χ1n) is 8.15. The quantitative estimate of drug-likeness (QED) is 0.863. The molecular formula is C17H21N5O3. The van der Waals surface area contributed by atoms with Gasteiger partial charge in [-0.2, -0.15) is 0 Å². The standard InChI is InChI=1S/C17H21N5O3/c1-12-3-5-21(10-15(12)22-6-4-18-11-22)17(24)20-14-7-13(8-19-9-14)16(23)25-2/h4,6-9,11-12,15H,3,5,10H2,1-2H3,(H,20,24). The van der Waals surface area contributed by atoms with Crippen molar-refractivity contribution in [3.8, 4) is 0 Å². The molecule has 2 atom stereocenters. The summed E-state index contributed by atoms with van der Waals surface area (Å²) < 4.78 is 6.71. The second kappa shape index (κ2) is 7.33. The van der Waals surface area contributed by atoms with Crippen LogP contribution in [0.4, 0.5) is 10.5 Å². The molecule has 132 valence electrons. The molecule has 0 aromatic carbocycles. The lowest BCUT2D eigenvalue weighted by Gasteiger charge is -2.37. The van der Waals surface area contributed by atoms with Gasteiger partial charge < -0.3 is 19.5 Å². The van der Waals surface area contributed by atoms with Crippen molar-refractivity contribution in [3.05, 3.63) is 42.7 Å². The number of hydrogen-bond donors (Lipinski definition) is 1. The van der Waals surface area contributed by atoms with Crippen molar-refractivity contribution in [2.45, 2.75) is 19.4 Å². The zero-order chi connectivity index (χ0) is 17.8. The third-order valence-corrected chi connectivity index (χ3v) is 4.52. The Bertz CT molecular complexity index is 747. The summed E-state index contributed by atoms with van der Waals surface area (Å²) in [7, 11) is 1.30. The van der Waals surface area contributed by atoms with Gasteiger partial charge in [0.05, 0.1) is 36.9 Å². The largest absolute Gasteiger partial charge is 0.465 e. The van der Waals surface area contributed by atoms with Crippen LogP contribution in [0.2, 0.25) is 0 Å². The van der Waals surface area contributed by atoms with Gasteiger partial charge in [0.2, 0.25) is 0 Å². The van der Waals surface area contributed by atoms with Gasteiger partial charge in [0.15, 0.2) is 0 Å². The first-order valence-corrected chi connectivity index (χ1v) is 8.15. The molecule has 2 aromatic heterocycles. The highest BCUT2D eigenvalue weighted by Gasteiger charge is 2.29. The third-order valence-electron chi connectivity index (χ3n) is 4.52. The Morgan fingerprint density at radius 2 is 2.16 bits per heavy atom. The number of rotatable bonds is 3. The highest BCUT2D eigenvalue weighted by atomic mass is 16.5. The number of imidazole rings is 1. The molecular weight excluding hydrogens is 322 g/mol. The van der Waals surface area contributed by atoms with Gasteiger partial charge >= 0.3 is 12.0 Å². The first kappa shape index (κ1) is 16.9. The number of amides is 2. The lowest BCUT2D eigenvalue weighted by molar-refractivity contribution is 0.0600. The van der Waals surface area contributed by atoms with Crippen molar-refractivity contribution in [1.29, 1.82) is 0 Å². The molecule has 25 heavy (non-hydrogen) atoms. The van der Waals surface area contributed by atoms with E-state index in [1.54, 1.807) is 23.5 Å². The van der Waals surface area contributed by atoms with Crippen molar-refractivity contribution in [3.63, 3.8) is 0 Å². The zero-order valence-electron chi connectivity index (χ0n) is 14.3. The second-order valence-electron chi connectivity index (χ2n) is 6.17. The minimum atomic E-state index is -0.490. The second-order valence-corrected chi connectivity index (χ2v) is 6.17. The molecule has 0 aliphatic carbocycles. The van der Waals surface area contributed by atoms with Crippen LogP contribution in [0.1, 0.15) is 29.7 Å². The highest BCUT2D eigenvalue weighted by Crippen LogP contribution is 2.27. The van der Waals surface area contributed by atoms with Crippen LogP contribution in [0.5, 0.6) is 0 Å². The molecule has 2 aromatic rings. The van der Waals surface area contributed by atoms with E-state index in [0.29, 0.717) is 30.3 Å². The molecule has 0 bridgehead atoms. The van der Waals surface area contributed by atoms with Crippen LogP contribution < -0.4 is 5.32 Å². The van der Waals surface area contributed by atoms with E-state index in [1.807, 2.05) is 10.8 Å². The molecule has 8 nitrogen and oxygen atoms in total. The lowest BCUT2D eigenvalue weighted by atomic mass is 9.93. The molecule has 1 fully saturated rings. The maximum atomic E-state index is 12.6. The van der Waals surface area contributed by atoms with Gasteiger partial charge in [-0.3, -0.25) is 4.98 Å². The number of likely N-dealkylation sites (tertiary alicyclic amines) is 1. The lowest BCUT2D eigenvalue weighted by Crippen LogP contribution is -2.45. The number of carbonyl (C=O) groups is 2. The molecule has 8 heteroatoms. The molecule has 2 unspecified atom stereocenters. The van der Waals surface area contributed by atoms with E-state index in [2.05, 4.69) is 26.9 Å². The van der Waals surface area contributed by atoms with Crippen molar-refractivity contribution in [2.24, 2.45) is 5.92 Å². The summed E-state index contributed by atoms with van der Waals surface area (Å²) in [6.07, 6.45) is 9.27. The summed E-state index contributed by atoms with van der Waals surface area (Å²) in [5.41, 5.74) is 0.759. The molecule has 2 amide bonds. The summed E-state index contributed by atoms with van der Waals surface area (Å²) >= 11 is 0. The SMILES string of the molecule is COC(=O)c1cncc(NC(=O)N2CCC(C)C(n3ccnc3)C2)c1. The number of carbonyl (C=O) groups excluding carboxylic acids is 2. The Labute approximate surface area is 145 Å². The average Bonchev–Trinajstić information content (AvgIpc) is 3.16. The topological polar surface area (TPSA) is 89.3 Å². The van der Waals surface area contributed by atoms with Gasteiger partial charge in [0, 0.05) is 31.7 Å². The number of esters is 1. The van der Waals surface area contributed by atoms with Gasteiger partial charge in [-0.05, 0) is 18.4 Å². The number of aromatic nitrogens is 3. The Hall–Kier alpha value is -2.90. The van der Waals surface area contributed by atoms with E-state index in [-0.39, 0.29) is 12.1 Å². The van der Waals surface area contributed by atoms with E-state index < -0.39 is 5.97 Å². The molecule has 3 rings (SSSR count). The summed E-state index contributed by atoms with van der Waals surface area (Å²) in [6.45, 7) is 3.47. The van der Waals surface area contributed by atoms with E-state index in [0.717, 1.165) is 6.42 Å².